The minimum Gasteiger partial charge on any atom is -0.494 e. The van der Waals surface area contributed by atoms with Crippen LogP contribution in [0.3, 0.4) is 0 Å². The minimum atomic E-state index is -0.292. The number of piperidine rings is 1. The van der Waals surface area contributed by atoms with Gasteiger partial charge in [-0.1, -0.05) is 30.1 Å². The molecule has 1 aromatic carbocycles. The number of ether oxygens (including phenoxy) is 2. The Morgan fingerprint density at radius 1 is 1.29 bits per heavy atom. The van der Waals surface area contributed by atoms with E-state index in [-0.39, 0.29) is 5.91 Å². The standard InChI is InChI=1S/C26H36ClN7O3S/c1-6-24(35)29-20-11-21(23(36-4)12-22(20)33-9-7-18(8-10-33)32(2)3)30-26-28-13-19(27)25(31-26)37-16-17-14-34(15-17)38-5/h6,11-13,17-18H,1,7-10,14-16H2,2-5H3,(H,29,35)(H,28,30,31). The summed E-state index contributed by atoms with van der Waals surface area (Å²) in [6.45, 7) is 7.82. The second-order valence-electron chi connectivity index (χ2n) is 9.62. The van der Waals surface area contributed by atoms with Crippen LogP contribution < -0.4 is 25.0 Å². The van der Waals surface area contributed by atoms with Crippen LogP contribution in [0.1, 0.15) is 12.8 Å². The van der Waals surface area contributed by atoms with Gasteiger partial charge in [-0.2, -0.15) is 4.98 Å². The molecule has 2 aliphatic rings. The van der Waals surface area contributed by atoms with E-state index in [2.05, 4.69) is 61.6 Å². The van der Waals surface area contributed by atoms with E-state index < -0.39 is 0 Å². The van der Waals surface area contributed by atoms with Crippen molar-refractivity contribution in [3.63, 3.8) is 0 Å². The molecule has 2 aromatic rings. The Hall–Kier alpha value is -2.73. The summed E-state index contributed by atoms with van der Waals surface area (Å²) < 4.78 is 13.9. The summed E-state index contributed by atoms with van der Waals surface area (Å²) in [6, 6.07) is 4.29. The van der Waals surface area contributed by atoms with Gasteiger partial charge in [0.15, 0.2) is 0 Å². The van der Waals surface area contributed by atoms with E-state index >= 15 is 0 Å². The van der Waals surface area contributed by atoms with Crippen LogP contribution in [0, 0.1) is 5.92 Å². The van der Waals surface area contributed by atoms with Crippen molar-refractivity contribution in [2.45, 2.75) is 18.9 Å². The molecule has 2 saturated heterocycles. The minimum absolute atomic E-state index is 0.292. The molecule has 0 saturated carbocycles. The molecule has 2 aliphatic heterocycles. The van der Waals surface area contributed by atoms with Gasteiger partial charge in [-0.15, -0.1) is 0 Å². The van der Waals surface area contributed by atoms with Crippen molar-refractivity contribution in [2.75, 3.05) is 75.8 Å². The predicted molar refractivity (Wildman–Crippen MR) is 155 cm³/mol. The average molecular weight is 562 g/mol. The Bertz CT molecular complexity index is 1140. The van der Waals surface area contributed by atoms with E-state index in [4.69, 9.17) is 21.1 Å². The van der Waals surface area contributed by atoms with E-state index in [9.17, 15) is 4.79 Å². The number of carbonyl (C=O) groups is 1. The lowest BCUT2D eigenvalue weighted by Crippen LogP contribution is -2.44. The molecular formula is C26H36ClN7O3S. The number of nitrogens with zero attached hydrogens (tertiary/aromatic N) is 5. The number of rotatable bonds is 11. The zero-order valence-electron chi connectivity index (χ0n) is 22.4. The number of carbonyl (C=O) groups excluding carboxylic acids is 1. The Morgan fingerprint density at radius 3 is 2.66 bits per heavy atom. The first kappa shape index (κ1) is 28.3. The lowest BCUT2D eigenvalue weighted by molar-refractivity contribution is -0.111. The van der Waals surface area contributed by atoms with E-state index in [1.807, 2.05) is 12.1 Å². The van der Waals surface area contributed by atoms with Crippen LogP contribution >= 0.6 is 23.5 Å². The second-order valence-corrected chi connectivity index (χ2v) is 10.9. The molecule has 12 heteroatoms. The smallest absolute Gasteiger partial charge is 0.247 e. The van der Waals surface area contributed by atoms with Crippen LogP contribution in [0.5, 0.6) is 11.6 Å². The van der Waals surface area contributed by atoms with Crippen molar-refractivity contribution in [1.82, 2.24) is 19.2 Å². The highest BCUT2D eigenvalue weighted by Crippen LogP contribution is 2.39. The molecular weight excluding hydrogens is 526 g/mol. The first-order valence-electron chi connectivity index (χ1n) is 12.6. The van der Waals surface area contributed by atoms with Gasteiger partial charge in [-0.25, -0.2) is 9.29 Å². The van der Waals surface area contributed by atoms with Crippen molar-refractivity contribution in [2.24, 2.45) is 5.92 Å². The van der Waals surface area contributed by atoms with Crippen molar-refractivity contribution >= 4 is 52.5 Å². The molecule has 0 atom stereocenters. The molecule has 4 rings (SSSR count). The number of nitrogens with one attached hydrogen (secondary N) is 2. The van der Waals surface area contributed by atoms with Gasteiger partial charge in [0, 0.05) is 44.2 Å². The third kappa shape index (κ3) is 6.82. The maximum absolute atomic E-state index is 12.3. The highest BCUT2D eigenvalue weighted by atomic mass is 35.5. The van der Waals surface area contributed by atoms with Gasteiger partial charge in [-0.05, 0) is 45.3 Å². The average Bonchev–Trinajstić information content (AvgIpc) is 2.89. The van der Waals surface area contributed by atoms with E-state index in [0.717, 1.165) is 44.7 Å². The van der Waals surface area contributed by atoms with Crippen LogP contribution in [0.15, 0.2) is 31.0 Å². The van der Waals surface area contributed by atoms with Crippen LogP contribution in [0.25, 0.3) is 0 Å². The monoisotopic (exact) mass is 561 g/mol. The summed E-state index contributed by atoms with van der Waals surface area (Å²) in [4.78, 5) is 25.6. The third-order valence-corrected chi connectivity index (χ3v) is 7.97. The Labute approximate surface area is 233 Å². The lowest BCUT2D eigenvalue weighted by Gasteiger charge is -2.37. The van der Waals surface area contributed by atoms with Gasteiger partial charge < -0.3 is 29.9 Å². The predicted octanol–water partition coefficient (Wildman–Crippen LogP) is 4.13. The molecule has 1 aromatic heterocycles. The van der Waals surface area contributed by atoms with Gasteiger partial charge in [0.1, 0.15) is 10.8 Å². The van der Waals surface area contributed by atoms with Crippen LogP contribution in [-0.2, 0) is 4.79 Å². The van der Waals surface area contributed by atoms with E-state index in [1.54, 1.807) is 19.1 Å². The summed E-state index contributed by atoms with van der Waals surface area (Å²) in [5.41, 5.74) is 2.14. The first-order chi connectivity index (χ1) is 18.3. The fraction of sp³-hybridized carbons (Fsp3) is 0.500. The van der Waals surface area contributed by atoms with E-state index in [0.29, 0.717) is 52.5 Å². The second kappa shape index (κ2) is 12.9. The van der Waals surface area contributed by atoms with Gasteiger partial charge >= 0.3 is 0 Å². The molecule has 10 nitrogen and oxygen atoms in total. The number of aromatic nitrogens is 2. The number of methoxy groups -OCH3 is 1. The van der Waals surface area contributed by atoms with Gasteiger partial charge in [0.25, 0.3) is 0 Å². The van der Waals surface area contributed by atoms with Gasteiger partial charge in [0.05, 0.1) is 37.0 Å². The molecule has 38 heavy (non-hydrogen) atoms. The maximum atomic E-state index is 12.3. The Balaban J connectivity index is 1.55. The largest absolute Gasteiger partial charge is 0.494 e. The van der Waals surface area contributed by atoms with Crippen molar-refractivity contribution in [3.8, 4) is 11.6 Å². The van der Waals surface area contributed by atoms with Gasteiger partial charge in [0.2, 0.25) is 17.7 Å². The SMILES string of the molecule is C=CC(=O)Nc1cc(Nc2ncc(Cl)c(OCC3CN(SC)C3)n2)c(OC)cc1N1CCC(N(C)C)CC1. The third-order valence-electron chi connectivity index (χ3n) is 6.89. The summed E-state index contributed by atoms with van der Waals surface area (Å²) >= 11 is 8.04. The molecule has 1 amide bonds. The highest BCUT2D eigenvalue weighted by Gasteiger charge is 2.27. The Morgan fingerprint density at radius 2 is 2.03 bits per heavy atom. The molecule has 3 heterocycles. The molecule has 2 fully saturated rings. The zero-order valence-corrected chi connectivity index (χ0v) is 23.9. The van der Waals surface area contributed by atoms with Crippen LogP contribution in [-0.4, -0.2) is 91.4 Å². The van der Waals surface area contributed by atoms with E-state index in [1.165, 1.54) is 12.3 Å². The number of hydrogen-bond acceptors (Lipinski definition) is 10. The topological polar surface area (TPSA) is 95.1 Å². The summed E-state index contributed by atoms with van der Waals surface area (Å²) in [7, 11) is 5.83. The maximum Gasteiger partial charge on any atom is 0.247 e. The number of amides is 1. The van der Waals surface area contributed by atoms with Crippen molar-refractivity contribution < 1.29 is 14.3 Å². The van der Waals surface area contributed by atoms with Crippen molar-refractivity contribution in [3.05, 3.63) is 36.0 Å². The quantitative estimate of drug-likeness (QED) is 0.308. The van der Waals surface area contributed by atoms with Crippen LogP contribution in [0.2, 0.25) is 5.02 Å². The fourth-order valence-corrected chi connectivity index (χ4v) is 5.48. The van der Waals surface area contributed by atoms with Crippen LogP contribution in [0.4, 0.5) is 23.0 Å². The molecule has 0 spiro atoms. The summed E-state index contributed by atoms with van der Waals surface area (Å²) in [5, 5.41) is 6.50. The number of anilines is 4. The number of hydrogen-bond donors (Lipinski definition) is 2. The first-order valence-corrected chi connectivity index (χ1v) is 14.2. The molecule has 0 unspecified atom stereocenters. The normalized spacial score (nSPS) is 16.7. The number of halogens is 1. The lowest BCUT2D eigenvalue weighted by atomic mass is 10.0. The zero-order chi connectivity index (χ0) is 27.2. The Kier molecular flexibility index (Phi) is 9.59. The number of benzene rings is 1. The van der Waals surface area contributed by atoms with Crippen molar-refractivity contribution in [1.29, 1.82) is 0 Å². The molecule has 206 valence electrons. The molecule has 0 bridgehead atoms. The highest BCUT2D eigenvalue weighted by molar-refractivity contribution is 7.96. The molecule has 0 aliphatic carbocycles. The summed E-state index contributed by atoms with van der Waals surface area (Å²) in [5.74, 6) is 1.38. The fourth-order valence-electron chi connectivity index (χ4n) is 4.61. The summed E-state index contributed by atoms with van der Waals surface area (Å²) in [6.07, 6.45) is 6.89. The van der Waals surface area contributed by atoms with Gasteiger partial charge in [-0.3, -0.25) is 4.79 Å². The molecule has 2 N–H and O–H groups in total. The molecule has 0 radical (unpaired) electrons.